The Morgan fingerprint density at radius 3 is 2.44 bits per heavy atom. The van der Waals surface area contributed by atoms with Gasteiger partial charge in [-0.15, -0.1) is 10.2 Å². The first kappa shape index (κ1) is 22.4. The number of rotatable bonds is 9. The number of amides is 1. The Labute approximate surface area is 194 Å². The van der Waals surface area contributed by atoms with Crippen LogP contribution in [0.2, 0.25) is 0 Å². The highest BCUT2D eigenvalue weighted by atomic mass is 32.2. The molecule has 1 aliphatic heterocycles. The van der Waals surface area contributed by atoms with Crippen molar-refractivity contribution >= 4 is 17.7 Å². The SMILES string of the molecule is CCc1ccc(OCc2nnc(SCC(=O)N3CCCCC3)n2Cc2ccccc2)cc1. The van der Waals surface area contributed by atoms with Crippen LogP contribution < -0.4 is 4.74 Å². The Morgan fingerprint density at radius 1 is 0.969 bits per heavy atom. The zero-order valence-corrected chi connectivity index (χ0v) is 19.4. The highest BCUT2D eigenvalue weighted by Crippen LogP contribution is 2.22. The fourth-order valence-corrected chi connectivity index (χ4v) is 4.65. The molecule has 0 saturated carbocycles. The molecule has 1 amide bonds. The molecule has 0 N–H and O–H groups in total. The lowest BCUT2D eigenvalue weighted by molar-refractivity contribution is -0.129. The number of carbonyl (C=O) groups excluding carboxylic acids is 1. The van der Waals surface area contributed by atoms with Crippen LogP contribution in [0.4, 0.5) is 0 Å². The lowest BCUT2D eigenvalue weighted by Gasteiger charge is -2.26. The first-order valence-electron chi connectivity index (χ1n) is 11.3. The standard InChI is InChI=1S/C25H30N4O2S/c1-2-20-11-13-22(14-12-20)31-18-23-26-27-25(29(23)17-21-9-5-3-6-10-21)32-19-24(30)28-15-7-4-8-16-28/h3,5-6,9-14H,2,4,7-8,15-19H2,1H3. The molecule has 4 rings (SSSR count). The quantitative estimate of drug-likeness (QED) is 0.447. The van der Waals surface area contributed by atoms with E-state index in [9.17, 15) is 4.79 Å². The van der Waals surface area contributed by atoms with Crippen LogP contribution in [0.25, 0.3) is 0 Å². The molecule has 2 heterocycles. The van der Waals surface area contributed by atoms with E-state index in [0.717, 1.165) is 54.6 Å². The van der Waals surface area contributed by atoms with E-state index in [4.69, 9.17) is 4.74 Å². The van der Waals surface area contributed by atoms with E-state index in [-0.39, 0.29) is 5.91 Å². The van der Waals surface area contributed by atoms with E-state index in [1.165, 1.54) is 23.7 Å². The van der Waals surface area contributed by atoms with Gasteiger partial charge in [0.25, 0.3) is 0 Å². The second-order valence-corrected chi connectivity index (χ2v) is 8.93. The molecule has 1 fully saturated rings. The molecule has 32 heavy (non-hydrogen) atoms. The van der Waals surface area contributed by atoms with Gasteiger partial charge in [0.2, 0.25) is 5.91 Å². The molecule has 7 heteroatoms. The zero-order chi connectivity index (χ0) is 22.2. The van der Waals surface area contributed by atoms with Gasteiger partial charge < -0.3 is 9.64 Å². The van der Waals surface area contributed by atoms with Gasteiger partial charge in [0.1, 0.15) is 12.4 Å². The van der Waals surface area contributed by atoms with Crippen LogP contribution >= 0.6 is 11.8 Å². The van der Waals surface area contributed by atoms with Crippen molar-refractivity contribution in [2.75, 3.05) is 18.8 Å². The minimum atomic E-state index is 0.178. The van der Waals surface area contributed by atoms with E-state index in [1.807, 2.05) is 35.2 Å². The third-order valence-electron chi connectivity index (χ3n) is 5.71. The molecule has 6 nitrogen and oxygen atoms in total. The first-order chi connectivity index (χ1) is 15.7. The first-order valence-corrected chi connectivity index (χ1v) is 12.3. The van der Waals surface area contributed by atoms with Gasteiger partial charge >= 0.3 is 0 Å². The summed E-state index contributed by atoms with van der Waals surface area (Å²) < 4.78 is 8.06. The van der Waals surface area contributed by atoms with Crippen LogP contribution in [0.5, 0.6) is 5.75 Å². The Hall–Kier alpha value is -2.80. The number of aryl methyl sites for hydroxylation is 1. The summed E-state index contributed by atoms with van der Waals surface area (Å²) in [7, 11) is 0. The summed E-state index contributed by atoms with van der Waals surface area (Å²) in [6.07, 6.45) is 4.41. The summed E-state index contributed by atoms with van der Waals surface area (Å²) in [6.45, 7) is 4.84. The van der Waals surface area contributed by atoms with Crippen LogP contribution in [-0.2, 0) is 24.4 Å². The average Bonchev–Trinajstić information content (AvgIpc) is 3.23. The number of carbonyl (C=O) groups is 1. The monoisotopic (exact) mass is 450 g/mol. The largest absolute Gasteiger partial charge is 0.486 e. The Morgan fingerprint density at radius 2 is 1.72 bits per heavy atom. The highest BCUT2D eigenvalue weighted by Gasteiger charge is 2.19. The van der Waals surface area contributed by atoms with Gasteiger partial charge in [-0.05, 0) is 48.9 Å². The van der Waals surface area contributed by atoms with Crippen LogP contribution in [0.3, 0.4) is 0 Å². The molecule has 0 spiro atoms. The maximum atomic E-state index is 12.6. The molecule has 0 aliphatic carbocycles. The van der Waals surface area contributed by atoms with E-state index in [2.05, 4.69) is 46.0 Å². The van der Waals surface area contributed by atoms with Gasteiger partial charge in [-0.25, -0.2) is 0 Å². The second kappa shape index (κ2) is 11.2. The van der Waals surface area contributed by atoms with E-state index in [0.29, 0.717) is 18.9 Å². The minimum Gasteiger partial charge on any atom is -0.486 e. The number of aromatic nitrogens is 3. The van der Waals surface area contributed by atoms with Gasteiger partial charge in [0.05, 0.1) is 12.3 Å². The third-order valence-corrected chi connectivity index (χ3v) is 6.66. The van der Waals surface area contributed by atoms with E-state index >= 15 is 0 Å². The second-order valence-electron chi connectivity index (χ2n) is 7.99. The molecule has 0 atom stereocenters. The molecule has 2 aromatic carbocycles. The minimum absolute atomic E-state index is 0.178. The van der Waals surface area contributed by atoms with Gasteiger partial charge in [-0.1, -0.05) is 61.2 Å². The molecule has 168 valence electrons. The smallest absolute Gasteiger partial charge is 0.233 e. The fourth-order valence-electron chi connectivity index (χ4n) is 3.79. The number of piperidine rings is 1. The van der Waals surface area contributed by atoms with Crippen molar-refractivity contribution in [3.63, 3.8) is 0 Å². The van der Waals surface area contributed by atoms with Gasteiger partial charge in [-0.3, -0.25) is 9.36 Å². The number of thioether (sulfide) groups is 1. The Kier molecular flexibility index (Phi) is 7.82. The maximum Gasteiger partial charge on any atom is 0.233 e. The van der Waals surface area contributed by atoms with Crippen LogP contribution in [0.1, 0.15) is 43.1 Å². The Balaban J connectivity index is 1.46. The molecule has 1 aliphatic rings. The molecule has 0 radical (unpaired) electrons. The number of hydrogen-bond acceptors (Lipinski definition) is 5. The van der Waals surface area contributed by atoms with Crippen LogP contribution in [0.15, 0.2) is 59.8 Å². The lowest BCUT2D eigenvalue weighted by Crippen LogP contribution is -2.36. The van der Waals surface area contributed by atoms with Gasteiger partial charge in [0, 0.05) is 13.1 Å². The summed E-state index contributed by atoms with van der Waals surface area (Å²) in [4.78, 5) is 14.6. The number of ether oxygens (including phenoxy) is 1. The van der Waals surface area contributed by atoms with E-state index < -0.39 is 0 Å². The molecule has 0 bridgehead atoms. The number of hydrogen-bond donors (Lipinski definition) is 0. The summed E-state index contributed by atoms with van der Waals surface area (Å²) in [6, 6.07) is 18.4. The third kappa shape index (κ3) is 5.91. The van der Waals surface area contributed by atoms with Crippen LogP contribution in [0, 0.1) is 0 Å². The fraction of sp³-hybridized carbons (Fsp3) is 0.400. The topological polar surface area (TPSA) is 60.3 Å². The van der Waals surface area contributed by atoms with Crippen molar-refractivity contribution in [2.24, 2.45) is 0 Å². The lowest BCUT2D eigenvalue weighted by atomic mass is 10.1. The van der Waals surface area contributed by atoms with Crippen molar-refractivity contribution in [1.82, 2.24) is 19.7 Å². The molecule has 0 unspecified atom stereocenters. The average molecular weight is 451 g/mol. The van der Waals surface area contributed by atoms with Crippen molar-refractivity contribution in [3.8, 4) is 5.75 Å². The van der Waals surface area contributed by atoms with Gasteiger partial charge in [0.15, 0.2) is 11.0 Å². The summed E-state index contributed by atoms with van der Waals surface area (Å²) in [5, 5.41) is 9.54. The predicted molar refractivity (Wildman–Crippen MR) is 127 cm³/mol. The van der Waals surface area contributed by atoms with Crippen molar-refractivity contribution in [3.05, 3.63) is 71.5 Å². The molecular formula is C25H30N4O2S. The van der Waals surface area contributed by atoms with Crippen molar-refractivity contribution < 1.29 is 9.53 Å². The van der Waals surface area contributed by atoms with Gasteiger partial charge in [-0.2, -0.15) is 0 Å². The molecular weight excluding hydrogens is 420 g/mol. The summed E-state index contributed by atoms with van der Waals surface area (Å²) in [5.74, 6) is 2.12. The van der Waals surface area contributed by atoms with Crippen LogP contribution in [-0.4, -0.2) is 44.4 Å². The maximum absolute atomic E-state index is 12.6. The highest BCUT2D eigenvalue weighted by molar-refractivity contribution is 7.99. The zero-order valence-electron chi connectivity index (χ0n) is 18.6. The Bertz CT molecular complexity index is 999. The molecule has 1 saturated heterocycles. The number of likely N-dealkylation sites (tertiary alicyclic amines) is 1. The normalized spacial score (nSPS) is 13.8. The van der Waals surface area contributed by atoms with Crippen molar-refractivity contribution in [1.29, 1.82) is 0 Å². The van der Waals surface area contributed by atoms with Crippen molar-refractivity contribution in [2.45, 2.75) is 50.9 Å². The number of benzene rings is 2. The summed E-state index contributed by atoms with van der Waals surface area (Å²) in [5.41, 5.74) is 2.44. The number of nitrogens with zero attached hydrogens (tertiary/aromatic N) is 4. The molecule has 3 aromatic rings. The summed E-state index contributed by atoms with van der Waals surface area (Å²) >= 11 is 1.46. The predicted octanol–water partition coefficient (Wildman–Crippen LogP) is 4.57. The van der Waals surface area contributed by atoms with E-state index in [1.54, 1.807) is 0 Å². The molecule has 1 aromatic heterocycles.